The molecule has 106 valence electrons. The van der Waals surface area contributed by atoms with Crippen molar-refractivity contribution in [2.75, 3.05) is 0 Å². The highest BCUT2D eigenvalue weighted by atomic mass is 79.9. The van der Waals surface area contributed by atoms with Crippen LogP contribution in [-0.2, 0) is 4.74 Å². The van der Waals surface area contributed by atoms with E-state index in [4.69, 9.17) is 22.8 Å². The lowest BCUT2D eigenvalue weighted by Gasteiger charge is -2.36. The summed E-state index contributed by atoms with van der Waals surface area (Å²) in [7, 11) is 0. The fourth-order valence-corrected chi connectivity index (χ4v) is 3.48. The second kappa shape index (κ2) is 9.23. The monoisotopic (exact) mass is 408 g/mol. The van der Waals surface area contributed by atoms with Gasteiger partial charge < -0.3 is 4.74 Å². The highest BCUT2D eigenvalue weighted by Gasteiger charge is 2.34. The van der Waals surface area contributed by atoms with Crippen molar-refractivity contribution in [3.8, 4) is 12.3 Å². The van der Waals surface area contributed by atoms with Crippen LogP contribution in [0.25, 0.3) is 0 Å². The molecule has 0 aromatic heterocycles. The Kier molecular flexibility index (Phi) is 8.41. The van der Waals surface area contributed by atoms with Crippen molar-refractivity contribution in [2.45, 2.75) is 55.0 Å². The topological polar surface area (TPSA) is 9.23 Å². The second-order valence-corrected chi connectivity index (χ2v) is 7.28. The molecule has 0 radical (unpaired) electrons. The Morgan fingerprint density at radius 3 is 2.84 bits per heavy atom. The molecule has 1 aliphatic rings. The van der Waals surface area contributed by atoms with Crippen molar-refractivity contribution in [1.82, 2.24) is 0 Å². The van der Waals surface area contributed by atoms with E-state index in [-0.39, 0.29) is 17.6 Å². The molecule has 4 atom stereocenters. The number of allylic oxidation sites excluding steroid dienone is 2. The first-order valence-electron chi connectivity index (χ1n) is 6.47. The maximum Gasteiger partial charge on any atom is 0.0778 e. The fraction of sp³-hybridized carbons (Fsp3) is 0.600. The molecule has 0 spiro atoms. The molecule has 19 heavy (non-hydrogen) atoms. The van der Waals surface area contributed by atoms with Crippen LogP contribution in [0.5, 0.6) is 0 Å². The zero-order valence-corrected chi connectivity index (χ0v) is 14.9. The molecule has 1 aliphatic heterocycles. The summed E-state index contributed by atoms with van der Waals surface area (Å²) in [6.45, 7) is 2.12. The van der Waals surface area contributed by atoms with Crippen molar-refractivity contribution < 1.29 is 4.74 Å². The van der Waals surface area contributed by atoms with Crippen molar-refractivity contribution in [3.63, 3.8) is 0 Å². The van der Waals surface area contributed by atoms with E-state index in [0.717, 1.165) is 25.7 Å². The third-order valence-electron chi connectivity index (χ3n) is 3.10. The van der Waals surface area contributed by atoms with Crippen LogP contribution in [0.15, 0.2) is 22.7 Å². The van der Waals surface area contributed by atoms with Gasteiger partial charge in [-0.25, -0.2) is 0 Å². The van der Waals surface area contributed by atoms with Crippen LogP contribution < -0.4 is 0 Å². The Hall–Kier alpha value is 0.250. The molecule has 0 amide bonds. The first-order chi connectivity index (χ1) is 9.08. The van der Waals surface area contributed by atoms with Crippen LogP contribution in [0.4, 0.5) is 0 Å². The summed E-state index contributed by atoms with van der Waals surface area (Å²) >= 11 is 13.6. The normalized spacial score (nSPS) is 32.5. The average Bonchev–Trinajstić information content (AvgIpc) is 2.39. The number of hydrogen-bond acceptors (Lipinski definition) is 1. The SMILES string of the molecule is C#C/C=C/C[C@@H]1O[C@H](C/C=C(\Br)CC)[C@H](Br)C[C@@H]1Cl. The summed E-state index contributed by atoms with van der Waals surface area (Å²) < 4.78 is 7.30. The maximum absolute atomic E-state index is 6.35. The highest BCUT2D eigenvalue weighted by molar-refractivity contribution is 9.11. The summed E-state index contributed by atoms with van der Waals surface area (Å²) in [5.74, 6) is 2.49. The van der Waals surface area contributed by atoms with Gasteiger partial charge in [-0.3, -0.25) is 0 Å². The average molecular weight is 411 g/mol. The van der Waals surface area contributed by atoms with Gasteiger partial charge in [-0.1, -0.05) is 56.9 Å². The minimum atomic E-state index is 0.0293. The molecule has 0 N–H and O–H groups in total. The van der Waals surface area contributed by atoms with Gasteiger partial charge in [-0.15, -0.1) is 18.0 Å². The lowest BCUT2D eigenvalue weighted by Crippen LogP contribution is -2.42. The summed E-state index contributed by atoms with van der Waals surface area (Å²) in [6.07, 6.45) is 14.8. The Balaban J connectivity index is 2.57. The third-order valence-corrected chi connectivity index (χ3v) is 5.41. The van der Waals surface area contributed by atoms with Crippen molar-refractivity contribution in [3.05, 3.63) is 22.7 Å². The number of alkyl halides is 2. The molecule has 1 nitrogen and oxygen atoms in total. The standard InChI is InChI=1S/C15H19Br2ClO/c1-3-5-6-7-15-13(18)10-12(17)14(19-15)9-8-11(16)4-2/h1,5-6,8,12-15H,4,7,9-10H2,2H3/b6-5+,11-8-/t12-,13+,14-,15+/m1/s1. The van der Waals surface area contributed by atoms with Gasteiger partial charge in [0.1, 0.15) is 0 Å². The largest absolute Gasteiger partial charge is 0.372 e. The molecular weight excluding hydrogens is 391 g/mol. The Bertz CT molecular complexity index is 373. The zero-order chi connectivity index (χ0) is 14.3. The molecule has 0 aromatic rings. The van der Waals surface area contributed by atoms with Gasteiger partial charge in [-0.05, 0) is 36.2 Å². The smallest absolute Gasteiger partial charge is 0.0778 e. The molecule has 1 saturated heterocycles. The summed E-state index contributed by atoms with van der Waals surface area (Å²) in [6, 6.07) is 0. The first kappa shape index (κ1) is 17.3. The number of ether oxygens (including phenoxy) is 1. The third kappa shape index (κ3) is 6.04. The number of hydrogen-bond donors (Lipinski definition) is 0. The molecule has 1 fully saturated rings. The van der Waals surface area contributed by atoms with E-state index in [9.17, 15) is 0 Å². The van der Waals surface area contributed by atoms with Crippen LogP contribution in [0.1, 0.15) is 32.6 Å². The number of terminal acetylenes is 1. The second-order valence-electron chi connectivity index (χ2n) is 4.53. The summed E-state index contributed by atoms with van der Waals surface area (Å²) in [5, 5.41) is 0.0293. The van der Waals surface area contributed by atoms with E-state index in [1.807, 2.05) is 6.08 Å². The molecular formula is C15H19Br2ClO. The Morgan fingerprint density at radius 1 is 1.47 bits per heavy atom. The van der Waals surface area contributed by atoms with Gasteiger partial charge >= 0.3 is 0 Å². The quantitative estimate of drug-likeness (QED) is 0.449. The van der Waals surface area contributed by atoms with Gasteiger partial charge in [0.15, 0.2) is 0 Å². The van der Waals surface area contributed by atoms with E-state index in [0.29, 0.717) is 4.83 Å². The first-order valence-corrected chi connectivity index (χ1v) is 8.62. The highest BCUT2D eigenvalue weighted by Crippen LogP contribution is 2.33. The van der Waals surface area contributed by atoms with Crippen molar-refractivity contribution in [1.29, 1.82) is 0 Å². The molecule has 0 bridgehead atoms. The number of rotatable bonds is 5. The number of halogens is 3. The molecule has 0 aromatic carbocycles. The minimum Gasteiger partial charge on any atom is -0.372 e. The molecule has 0 aliphatic carbocycles. The Labute approximate surface area is 138 Å². The van der Waals surface area contributed by atoms with Gasteiger partial charge in [0.25, 0.3) is 0 Å². The lowest BCUT2D eigenvalue weighted by atomic mass is 9.99. The van der Waals surface area contributed by atoms with E-state index >= 15 is 0 Å². The summed E-state index contributed by atoms with van der Waals surface area (Å²) in [5.41, 5.74) is 0. The molecule has 0 unspecified atom stereocenters. The molecule has 4 heteroatoms. The zero-order valence-electron chi connectivity index (χ0n) is 11.0. The van der Waals surface area contributed by atoms with Gasteiger partial charge in [0.2, 0.25) is 0 Å². The molecule has 1 rings (SSSR count). The van der Waals surface area contributed by atoms with Crippen molar-refractivity contribution in [2.24, 2.45) is 0 Å². The van der Waals surface area contributed by atoms with Gasteiger partial charge in [-0.2, -0.15) is 0 Å². The van der Waals surface area contributed by atoms with Crippen LogP contribution in [0, 0.1) is 12.3 Å². The maximum atomic E-state index is 6.35. The van der Waals surface area contributed by atoms with E-state index < -0.39 is 0 Å². The fourth-order valence-electron chi connectivity index (χ4n) is 1.98. The lowest BCUT2D eigenvalue weighted by molar-refractivity contribution is -0.0370. The van der Waals surface area contributed by atoms with Crippen molar-refractivity contribution >= 4 is 43.5 Å². The predicted molar refractivity (Wildman–Crippen MR) is 90.1 cm³/mol. The van der Waals surface area contributed by atoms with Crippen LogP contribution in [0.2, 0.25) is 0 Å². The van der Waals surface area contributed by atoms with Gasteiger partial charge in [0, 0.05) is 4.83 Å². The predicted octanol–water partition coefficient (Wildman–Crippen LogP) is 5.17. The van der Waals surface area contributed by atoms with Crippen LogP contribution in [-0.4, -0.2) is 22.4 Å². The van der Waals surface area contributed by atoms with Gasteiger partial charge in [0.05, 0.1) is 17.6 Å². The van der Waals surface area contributed by atoms with E-state index in [2.05, 4.69) is 50.8 Å². The minimum absolute atomic E-state index is 0.0293. The van der Waals surface area contributed by atoms with Crippen LogP contribution >= 0.6 is 43.5 Å². The molecule has 0 saturated carbocycles. The van der Waals surface area contributed by atoms with Crippen LogP contribution in [0.3, 0.4) is 0 Å². The summed E-state index contributed by atoms with van der Waals surface area (Å²) in [4.78, 5) is 0.302. The Morgan fingerprint density at radius 2 is 2.21 bits per heavy atom. The van der Waals surface area contributed by atoms with E-state index in [1.165, 1.54) is 4.48 Å². The molecule has 1 heterocycles. The van der Waals surface area contributed by atoms with E-state index in [1.54, 1.807) is 6.08 Å².